The van der Waals surface area contributed by atoms with Crippen LogP contribution in [0.25, 0.3) is 0 Å². The van der Waals surface area contributed by atoms with Gasteiger partial charge in [-0.3, -0.25) is 4.79 Å². The first-order valence-corrected chi connectivity index (χ1v) is 40.8. The summed E-state index contributed by atoms with van der Waals surface area (Å²) in [4.78, 5) is 13.5. The van der Waals surface area contributed by atoms with Crippen molar-refractivity contribution >= 4 is 5.91 Å². The van der Waals surface area contributed by atoms with Crippen LogP contribution in [0.5, 0.6) is 0 Å². The molecule has 0 bridgehead atoms. The van der Waals surface area contributed by atoms with Gasteiger partial charge in [0, 0.05) is 6.42 Å². The van der Waals surface area contributed by atoms with Crippen molar-refractivity contribution in [2.24, 2.45) is 0 Å². The molecule has 3 fully saturated rings. The maximum atomic E-state index is 13.5. The van der Waals surface area contributed by atoms with E-state index in [0.29, 0.717) is 12.8 Å². The maximum Gasteiger partial charge on any atom is 0.220 e. The fourth-order valence-corrected chi connectivity index (χ4v) is 14.4. The molecule has 3 aliphatic heterocycles. The quantitative estimate of drug-likeness (QED) is 0.0252. The molecule has 1 amide bonds. The summed E-state index contributed by atoms with van der Waals surface area (Å²) in [5, 5.41) is 121. The average molecular weight is 1390 g/mol. The number of unbranched alkanes of at least 4 members (excludes halogenated alkanes) is 50. The van der Waals surface area contributed by atoms with Crippen LogP contribution in [-0.2, 0) is 33.2 Å². The van der Waals surface area contributed by atoms with E-state index in [0.717, 1.165) is 44.9 Å². The standard InChI is InChI=1S/C78H151NO18/c1-3-5-7-9-11-13-15-17-19-21-23-25-26-27-28-29-30-31-32-33-34-35-36-38-40-42-44-46-48-50-52-54-56-66(84)79-61(62(83)55-53-51-49-47-45-43-41-39-37-24-22-20-18-16-14-12-10-8-6-4-2)60-92-76-72(90)69(87)74(64(58-81)94-76)97-78-73(91)70(88)75(65(59-82)95-78)96-77-71(89)68(86)67(85)63(57-80)93-77/h61-65,67-78,80-83,85-91H,3-60H2,1-2H3,(H,79,84). The highest BCUT2D eigenvalue weighted by Gasteiger charge is 2.54. The van der Waals surface area contributed by atoms with E-state index >= 15 is 0 Å². The summed E-state index contributed by atoms with van der Waals surface area (Å²) >= 11 is 0. The first kappa shape index (κ1) is 90.0. The van der Waals surface area contributed by atoms with Crippen molar-refractivity contribution in [2.45, 2.75) is 465 Å². The Kier molecular flexibility index (Phi) is 55.8. The van der Waals surface area contributed by atoms with Crippen molar-refractivity contribution < 1.29 is 89.4 Å². The van der Waals surface area contributed by atoms with Gasteiger partial charge in [-0.2, -0.15) is 0 Å². The van der Waals surface area contributed by atoms with Gasteiger partial charge in [0.15, 0.2) is 18.9 Å². The molecular formula is C78H151NO18. The van der Waals surface area contributed by atoms with E-state index in [-0.39, 0.29) is 18.9 Å². The minimum Gasteiger partial charge on any atom is -0.394 e. The molecule has 0 aromatic rings. The van der Waals surface area contributed by atoms with Gasteiger partial charge in [-0.1, -0.05) is 341 Å². The molecule has 3 rings (SSSR count). The fraction of sp³-hybridized carbons (Fsp3) is 0.987. The number of aliphatic hydroxyl groups is 11. The van der Waals surface area contributed by atoms with E-state index in [1.165, 1.54) is 283 Å². The molecule has 19 heteroatoms. The number of aliphatic hydroxyl groups excluding tert-OH is 11. The van der Waals surface area contributed by atoms with Gasteiger partial charge in [0.1, 0.15) is 73.2 Å². The summed E-state index contributed by atoms with van der Waals surface area (Å²) in [5.74, 6) is -0.233. The number of carbonyl (C=O) groups excluding carboxylic acids is 1. The summed E-state index contributed by atoms with van der Waals surface area (Å²) in [7, 11) is 0. The Hall–Kier alpha value is -1.21. The second-order valence-electron chi connectivity index (χ2n) is 29.6. The Balaban J connectivity index is 1.34. The van der Waals surface area contributed by atoms with Crippen molar-refractivity contribution in [1.29, 1.82) is 0 Å². The van der Waals surface area contributed by atoms with Gasteiger partial charge in [0.25, 0.3) is 0 Å². The van der Waals surface area contributed by atoms with E-state index in [4.69, 9.17) is 28.4 Å². The van der Waals surface area contributed by atoms with Crippen LogP contribution in [0.2, 0.25) is 0 Å². The first-order valence-electron chi connectivity index (χ1n) is 40.8. The van der Waals surface area contributed by atoms with Crippen LogP contribution in [0.4, 0.5) is 0 Å². The Bertz CT molecular complexity index is 1760. The summed E-state index contributed by atoms with van der Waals surface area (Å²) in [6.07, 6.45) is 42.0. The lowest BCUT2D eigenvalue weighted by Crippen LogP contribution is -2.66. The molecule has 0 aliphatic carbocycles. The number of hydrogen-bond donors (Lipinski definition) is 12. The van der Waals surface area contributed by atoms with Gasteiger partial charge in [0.2, 0.25) is 5.91 Å². The molecular weight excluding hydrogens is 1240 g/mol. The average Bonchev–Trinajstić information content (AvgIpc) is 0.790. The third-order valence-electron chi connectivity index (χ3n) is 20.9. The molecule has 3 heterocycles. The molecule has 3 saturated heterocycles. The van der Waals surface area contributed by atoms with Gasteiger partial charge >= 0.3 is 0 Å². The zero-order chi connectivity index (χ0) is 70.4. The van der Waals surface area contributed by atoms with Crippen molar-refractivity contribution in [3.63, 3.8) is 0 Å². The third-order valence-corrected chi connectivity index (χ3v) is 20.9. The van der Waals surface area contributed by atoms with Crippen LogP contribution in [0.1, 0.15) is 361 Å². The zero-order valence-corrected chi connectivity index (χ0v) is 61.6. The predicted octanol–water partition coefficient (Wildman–Crippen LogP) is 13.4. The van der Waals surface area contributed by atoms with Crippen molar-refractivity contribution in [1.82, 2.24) is 5.32 Å². The number of nitrogens with one attached hydrogen (secondary N) is 1. The lowest BCUT2D eigenvalue weighted by Gasteiger charge is -2.48. The Morgan fingerprint density at radius 1 is 0.330 bits per heavy atom. The Labute approximate surface area is 589 Å². The highest BCUT2D eigenvalue weighted by Crippen LogP contribution is 2.33. The summed E-state index contributed by atoms with van der Waals surface area (Å²) in [5.41, 5.74) is 0. The third kappa shape index (κ3) is 40.6. The first-order chi connectivity index (χ1) is 47.3. The zero-order valence-electron chi connectivity index (χ0n) is 61.6. The molecule has 0 aromatic heterocycles. The summed E-state index contributed by atoms with van der Waals surface area (Å²) in [6.45, 7) is 1.87. The topological polar surface area (TPSA) is 307 Å². The van der Waals surface area contributed by atoms with Crippen LogP contribution < -0.4 is 5.32 Å². The molecule has 12 N–H and O–H groups in total. The van der Waals surface area contributed by atoms with E-state index in [1.54, 1.807) is 0 Å². The summed E-state index contributed by atoms with van der Waals surface area (Å²) in [6, 6.07) is -0.883. The Morgan fingerprint density at radius 3 is 0.897 bits per heavy atom. The highest BCUT2D eigenvalue weighted by molar-refractivity contribution is 5.76. The molecule has 0 aromatic carbocycles. The smallest absolute Gasteiger partial charge is 0.220 e. The molecule has 17 unspecified atom stereocenters. The molecule has 97 heavy (non-hydrogen) atoms. The van der Waals surface area contributed by atoms with Crippen LogP contribution in [0, 0.1) is 0 Å². The molecule has 19 nitrogen and oxygen atoms in total. The molecule has 3 aliphatic rings. The Morgan fingerprint density at radius 2 is 0.588 bits per heavy atom. The van der Waals surface area contributed by atoms with Crippen LogP contribution in [0.15, 0.2) is 0 Å². The number of amides is 1. The van der Waals surface area contributed by atoms with E-state index in [1.807, 2.05) is 0 Å². The van der Waals surface area contributed by atoms with Crippen LogP contribution in [-0.4, -0.2) is 193 Å². The second-order valence-corrected chi connectivity index (χ2v) is 29.6. The van der Waals surface area contributed by atoms with Crippen molar-refractivity contribution in [2.75, 3.05) is 26.4 Å². The van der Waals surface area contributed by atoms with Crippen LogP contribution in [0.3, 0.4) is 0 Å². The van der Waals surface area contributed by atoms with Gasteiger partial charge in [-0.05, 0) is 12.8 Å². The number of hydrogen-bond acceptors (Lipinski definition) is 18. The minimum atomic E-state index is -1.97. The summed E-state index contributed by atoms with van der Waals surface area (Å²) < 4.78 is 34.5. The van der Waals surface area contributed by atoms with Crippen molar-refractivity contribution in [3.8, 4) is 0 Å². The van der Waals surface area contributed by atoms with Crippen molar-refractivity contribution in [3.05, 3.63) is 0 Å². The van der Waals surface area contributed by atoms with E-state index in [9.17, 15) is 61.0 Å². The predicted molar refractivity (Wildman–Crippen MR) is 384 cm³/mol. The largest absolute Gasteiger partial charge is 0.394 e. The maximum absolute atomic E-state index is 13.5. The highest BCUT2D eigenvalue weighted by atomic mass is 16.8. The van der Waals surface area contributed by atoms with Crippen LogP contribution >= 0.6 is 0 Å². The molecule has 0 saturated carbocycles. The fourth-order valence-electron chi connectivity index (χ4n) is 14.4. The van der Waals surface area contributed by atoms with Gasteiger partial charge < -0.3 is 89.9 Å². The van der Waals surface area contributed by atoms with Gasteiger partial charge in [-0.25, -0.2) is 0 Å². The molecule has 17 atom stereocenters. The lowest BCUT2D eigenvalue weighted by atomic mass is 9.96. The van der Waals surface area contributed by atoms with E-state index < -0.39 is 124 Å². The normalized spacial score (nSPS) is 26.8. The minimum absolute atomic E-state index is 0.233. The number of rotatable bonds is 66. The second kappa shape index (κ2) is 60.1. The van der Waals surface area contributed by atoms with Gasteiger partial charge in [-0.15, -0.1) is 0 Å². The number of ether oxygens (including phenoxy) is 6. The van der Waals surface area contributed by atoms with Gasteiger partial charge in [0.05, 0.1) is 38.6 Å². The van der Waals surface area contributed by atoms with E-state index in [2.05, 4.69) is 19.2 Å². The lowest BCUT2D eigenvalue weighted by molar-refractivity contribution is -0.379. The number of carbonyl (C=O) groups is 1. The molecule has 576 valence electrons. The molecule has 0 spiro atoms. The molecule has 0 radical (unpaired) electrons. The monoisotopic (exact) mass is 1390 g/mol. The SMILES string of the molecule is CCCCCCCCCCCCCCCCCCCCCCCCCCCCCCCCCCC(=O)NC(COC1OC(CO)C(OC2OC(CO)C(OC3OC(CO)C(O)C(O)C3O)C(O)C2O)C(O)C1O)C(O)CCCCCCCCCCCCCCCCCCCCCC.